The third-order valence-corrected chi connectivity index (χ3v) is 6.91. The Hall–Kier alpha value is -3.94. The number of nitrogens with zero attached hydrogens (tertiary/aromatic N) is 2. The molecule has 6 rings (SSSR count). The smallest absolute Gasteiger partial charge is 0.255 e. The summed E-state index contributed by atoms with van der Waals surface area (Å²) in [6, 6.07) is 16.3. The molecule has 2 unspecified atom stereocenters. The van der Waals surface area contributed by atoms with Crippen LogP contribution in [0.15, 0.2) is 59.4 Å². The van der Waals surface area contributed by atoms with E-state index in [1.165, 1.54) is 0 Å². The lowest BCUT2D eigenvalue weighted by molar-refractivity contribution is 0.102. The van der Waals surface area contributed by atoms with E-state index in [0.717, 1.165) is 37.4 Å². The highest BCUT2D eigenvalue weighted by Crippen LogP contribution is 2.39. The van der Waals surface area contributed by atoms with Crippen molar-refractivity contribution in [3.63, 3.8) is 0 Å². The van der Waals surface area contributed by atoms with Crippen molar-refractivity contribution in [2.24, 2.45) is 5.92 Å². The van der Waals surface area contributed by atoms with Gasteiger partial charge in [0.25, 0.3) is 11.5 Å². The van der Waals surface area contributed by atoms with Crippen molar-refractivity contribution >= 4 is 23.0 Å². The lowest BCUT2D eigenvalue weighted by Gasteiger charge is -2.44. The molecular weight excluding hydrogens is 432 g/mol. The van der Waals surface area contributed by atoms with Gasteiger partial charge in [-0.1, -0.05) is 6.07 Å². The topological polar surface area (TPSA) is 98.8 Å². The number of ether oxygens (including phenoxy) is 2. The number of benzene rings is 2. The Balaban J connectivity index is 1.20. The first kappa shape index (κ1) is 20.7. The van der Waals surface area contributed by atoms with E-state index < -0.39 is 0 Å². The molecule has 174 valence electrons. The molecule has 1 fully saturated rings. The average Bonchev–Trinajstić information content (AvgIpc) is 2.84. The van der Waals surface area contributed by atoms with Crippen molar-refractivity contribution in [3.05, 3.63) is 76.2 Å². The molecule has 0 radical (unpaired) electrons. The largest absolute Gasteiger partial charge is 0.486 e. The molecule has 8 nitrogen and oxygen atoms in total. The minimum absolute atomic E-state index is 0.0774. The number of hydrogen-bond donors (Lipinski definition) is 2. The van der Waals surface area contributed by atoms with Gasteiger partial charge in [-0.2, -0.15) is 0 Å². The molecule has 2 atom stereocenters. The molecule has 0 saturated carbocycles. The number of aromatic nitrogens is 1. The zero-order chi connectivity index (χ0) is 23.2. The number of amides is 1. The molecule has 2 aromatic carbocycles. The number of rotatable bonds is 3. The van der Waals surface area contributed by atoms with Crippen LogP contribution in [0.5, 0.6) is 11.5 Å². The third-order valence-electron chi connectivity index (χ3n) is 6.91. The van der Waals surface area contributed by atoms with E-state index >= 15 is 0 Å². The summed E-state index contributed by atoms with van der Waals surface area (Å²) in [5.41, 5.74) is 10.2. The van der Waals surface area contributed by atoms with Gasteiger partial charge in [-0.05, 0) is 48.7 Å². The van der Waals surface area contributed by atoms with Crippen LogP contribution >= 0.6 is 0 Å². The predicted molar refractivity (Wildman–Crippen MR) is 130 cm³/mol. The first-order valence-electron chi connectivity index (χ1n) is 11.6. The Morgan fingerprint density at radius 3 is 2.68 bits per heavy atom. The van der Waals surface area contributed by atoms with Gasteiger partial charge in [0.2, 0.25) is 0 Å². The van der Waals surface area contributed by atoms with E-state index in [1.54, 1.807) is 30.3 Å². The summed E-state index contributed by atoms with van der Waals surface area (Å²) >= 11 is 0. The Bertz CT molecular complexity index is 1330. The normalized spacial score (nSPS) is 20.4. The minimum atomic E-state index is -0.237. The van der Waals surface area contributed by atoms with E-state index in [2.05, 4.69) is 16.3 Å². The molecule has 1 amide bonds. The van der Waals surface area contributed by atoms with Gasteiger partial charge in [-0.15, -0.1) is 0 Å². The minimum Gasteiger partial charge on any atom is -0.486 e. The molecular formula is C26H26N4O4. The van der Waals surface area contributed by atoms with E-state index in [-0.39, 0.29) is 11.5 Å². The van der Waals surface area contributed by atoms with Crippen molar-refractivity contribution in [1.29, 1.82) is 0 Å². The van der Waals surface area contributed by atoms with Gasteiger partial charge >= 0.3 is 0 Å². The Kier molecular flexibility index (Phi) is 4.94. The van der Waals surface area contributed by atoms with Crippen molar-refractivity contribution in [3.8, 4) is 11.5 Å². The van der Waals surface area contributed by atoms with Crippen molar-refractivity contribution in [2.45, 2.75) is 18.9 Å². The molecule has 3 aromatic rings. The number of piperidine rings is 1. The maximum Gasteiger partial charge on any atom is 0.255 e. The van der Waals surface area contributed by atoms with Crippen LogP contribution in [0, 0.1) is 5.92 Å². The molecule has 1 saturated heterocycles. The van der Waals surface area contributed by atoms with Gasteiger partial charge in [0, 0.05) is 54.6 Å². The number of pyridine rings is 1. The highest BCUT2D eigenvalue weighted by molar-refractivity contribution is 6.05. The second-order valence-electron chi connectivity index (χ2n) is 9.19. The predicted octanol–water partition coefficient (Wildman–Crippen LogP) is 3.08. The SMILES string of the molecule is Nc1cc(C(=O)Nc2ccc3c(c2)OCCO3)ccc1N1CC2CC(C1)c1cccc(=O)n1C2. The van der Waals surface area contributed by atoms with E-state index in [0.29, 0.717) is 53.5 Å². The fourth-order valence-electron chi connectivity index (χ4n) is 5.40. The molecule has 0 spiro atoms. The van der Waals surface area contributed by atoms with Crippen LogP contribution in [0.1, 0.15) is 28.4 Å². The molecule has 1 aromatic heterocycles. The van der Waals surface area contributed by atoms with Gasteiger partial charge < -0.3 is 30.0 Å². The lowest BCUT2D eigenvalue weighted by atomic mass is 9.83. The Labute approximate surface area is 196 Å². The zero-order valence-electron chi connectivity index (χ0n) is 18.7. The first-order valence-corrected chi connectivity index (χ1v) is 11.6. The summed E-state index contributed by atoms with van der Waals surface area (Å²) in [7, 11) is 0. The third kappa shape index (κ3) is 3.65. The van der Waals surface area contributed by atoms with Crippen LogP contribution in [-0.4, -0.2) is 36.8 Å². The Morgan fingerprint density at radius 2 is 1.82 bits per heavy atom. The van der Waals surface area contributed by atoms with E-state index in [1.807, 2.05) is 22.8 Å². The molecule has 34 heavy (non-hydrogen) atoms. The fraction of sp³-hybridized carbons (Fsp3) is 0.308. The molecule has 2 bridgehead atoms. The number of nitrogens with two attached hydrogens (primary N) is 1. The first-order chi connectivity index (χ1) is 16.5. The summed E-state index contributed by atoms with van der Waals surface area (Å²) in [5.74, 6) is 1.75. The average molecular weight is 459 g/mol. The molecule has 0 aliphatic carbocycles. The van der Waals surface area contributed by atoms with Gasteiger partial charge in [0.15, 0.2) is 11.5 Å². The van der Waals surface area contributed by atoms with Crippen molar-refractivity contribution in [2.75, 3.05) is 42.3 Å². The maximum absolute atomic E-state index is 12.9. The maximum atomic E-state index is 12.9. The van der Waals surface area contributed by atoms with Crippen LogP contribution < -0.4 is 31.0 Å². The summed E-state index contributed by atoms with van der Waals surface area (Å²) in [6.07, 6.45) is 1.08. The van der Waals surface area contributed by atoms with Crippen LogP contribution in [0.25, 0.3) is 0 Å². The monoisotopic (exact) mass is 458 g/mol. The van der Waals surface area contributed by atoms with Crippen molar-refractivity contribution < 1.29 is 14.3 Å². The highest BCUT2D eigenvalue weighted by atomic mass is 16.6. The summed E-state index contributed by atoms with van der Waals surface area (Å²) in [4.78, 5) is 27.4. The molecule has 3 aliphatic rings. The zero-order valence-corrected chi connectivity index (χ0v) is 18.7. The summed E-state index contributed by atoms with van der Waals surface area (Å²) in [5, 5.41) is 2.91. The summed E-state index contributed by atoms with van der Waals surface area (Å²) < 4.78 is 13.0. The van der Waals surface area contributed by atoms with Crippen LogP contribution in [0.2, 0.25) is 0 Å². The Morgan fingerprint density at radius 1 is 0.971 bits per heavy atom. The second-order valence-corrected chi connectivity index (χ2v) is 9.19. The number of carbonyl (C=O) groups excluding carboxylic acids is 1. The lowest BCUT2D eigenvalue weighted by Crippen LogP contribution is -2.47. The van der Waals surface area contributed by atoms with Gasteiger partial charge in [0.05, 0.1) is 11.4 Å². The number of nitrogen functional groups attached to an aromatic ring is 1. The van der Waals surface area contributed by atoms with Gasteiger partial charge in [0.1, 0.15) is 13.2 Å². The number of nitrogens with one attached hydrogen (secondary N) is 1. The van der Waals surface area contributed by atoms with E-state index in [4.69, 9.17) is 15.2 Å². The fourth-order valence-corrected chi connectivity index (χ4v) is 5.40. The van der Waals surface area contributed by atoms with Crippen LogP contribution in [0.3, 0.4) is 0 Å². The van der Waals surface area contributed by atoms with Gasteiger partial charge in [-0.3, -0.25) is 9.59 Å². The van der Waals surface area contributed by atoms with E-state index in [9.17, 15) is 9.59 Å². The van der Waals surface area contributed by atoms with Crippen LogP contribution in [0.4, 0.5) is 17.1 Å². The standard InChI is InChI=1S/C26H26N4O4/c27-20-11-17(26(32)28-19-5-7-23-24(12-19)34-9-8-33-23)4-6-22(20)29-13-16-10-18(15-29)21-2-1-3-25(31)30(21)14-16/h1-7,11-12,16,18H,8-10,13-15,27H2,(H,28,32). The summed E-state index contributed by atoms with van der Waals surface area (Å²) in [6.45, 7) is 3.38. The molecule has 8 heteroatoms. The number of hydrogen-bond acceptors (Lipinski definition) is 6. The molecule has 3 aliphatic heterocycles. The number of fused-ring (bicyclic) bond motifs is 5. The quantitative estimate of drug-likeness (QED) is 0.586. The second kappa shape index (κ2) is 8.13. The highest BCUT2D eigenvalue weighted by Gasteiger charge is 2.35. The number of anilines is 3. The molecule has 3 N–H and O–H groups in total. The van der Waals surface area contributed by atoms with Crippen molar-refractivity contribution in [1.82, 2.24) is 4.57 Å². The molecule has 4 heterocycles. The van der Waals surface area contributed by atoms with Gasteiger partial charge in [-0.25, -0.2) is 0 Å². The van der Waals surface area contributed by atoms with Crippen LogP contribution in [-0.2, 0) is 6.54 Å². The number of carbonyl (C=O) groups is 1.